The molecule has 0 fully saturated rings. The Bertz CT molecular complexity index is 806. The van der Waals surface area contributed by atoms with Crippen LogP contribution in [0.5, 0.6) is 5.75 Å². The van der Waals surface area contributed by atoms with Gasteiger partial charge >= 0.3 is 41.3 Å². The van der Waals surface area contributed by atoms with Crippen molar-refractivity contribution in [3.63, 3.8) is 0 Å². The molecule has 0 spiro atoms. The summed E-state index contributed by atoms with van der Waals surface area (Å²) in [5.74, 6) is 0.265. The third kappa shape index (κ3) is 5.02. The molecule has 0 atom stereocenters. The fourth-order valence-corrected chi connectivity index (χ4v) is 2.39. The van der Waals surface area contributed by atoms with Gasteiger partial charge in [-0.3, -0.25) is 4.99 Å². The summed E-state index contributed by atoms with van der Waals surface area (Å²) in [6, 6.07) is 21.4. The van der Waals surface area contributed by atoms with Crippen LogP contribution in [0.15, 0.2) is 71.7 Å². The van der Waals surface area contributed by atoms with E-state index in [4.69, 9.17) is 0 Å². The Labute approximate surface area is 157 Å². The molecular weight excluding hydrogens is 454 g/mol. The van der Waals surface area contributed by atoms with E-state index in [0.717, 1.165) is 27.7 Å². The number of hydrogen-bond donors (Lipinski definition) is 1. The van der Waals surface area contributed by atoms with Crippen LogP contribution in [0.3, 0.4) is 0 Å². The average Bonchev–Trinajstić information content (AvgIpc) is 2.56. The van der Waals surface area contributed by atoms with Gasteiger partial charge in [-0.15, -0.1) is 0 Å². The molecule has 0 radical (unpaired) electrons. The van der Waals surface area contributed by atoms with Crippen molar-refractivity contribution in [3.8, 4) is 5.75 Å². The van der Waals surface area contributed by atoms with Crippen molar-refractivity contribution in [2.75, 3.05) is 0 Å². The predicted molar refractivity (Wildman–Crippen MR) is 102 cm³/mol. The van der Waals surface area contributed by atoms with Crippen LogP contribution in [0.2, 0.25) is 0 Å². The molecule has 23 heavy (non-hydrogen) atoms. The fraction of sp³-hybridized carbons (Fsp3) is 0.0556. The number of hydrogen-bond acceptors (Lipinski definition) is 2. The minimum absolute atomic E-state index is 0.125. The van der Waals surface area contributed by atoms with E-state index in [0.29, 0.717) is 0 Å². The van der Waals surface area contributed by atoms with Crippen LogP contribution in [0.4, 0.5) is 5.69 Å². The molecule has 3 aromatic carbocycles. The molecule has 0 aliphatic carbocycles. The van der Waals surface area contributed by atoms with Gasteiger partial charge in [-0.1, -0.05) is 48.5 Å². The Balaban J connectivity index is 0.000000595. The topological polar surface area (TPSA) is 32.6 Å². The number of para-hydroxylation sites is 1. The first-order chi connectivity index (χ1) is 11.2. The minimum atomic E-state index is 0.125. The maximum absolute atomic E-state index is 10.2. The monoisotopic (exact) mass is 467 g/mol. The van der Waals surface area contributed by atoms with E-state index in [1.807, 2.05) is 67.6 Å². The van der Waals surface area contributed by atoms with Crippen molar-refractivity contribution >= 4 is 48.5 Å². The predicted octanol–water partition coefficient (Wildman–Crippen LogP) is 6.37. The summed E-state index contributed by atoms with van der Waals surface area (Å²) in [5.41, 5.74) is 2.50. The summed E-state index contributed by atoms with van der Waals surface area (Å²) in [4.78, 5) is 4.60. The summed E-state index contributed by atoms with van der Waals surface area (Å²) >= 11 is 6.50. The van der Waals surface area contributed by atoms with Gasteiger partial charge in [0.05, 0.1) is 5.69 Å². The summed E-state index contributed by atoms with van der Waals surface area (Å²) < 4.78 is 0. The average molecular weight is 469 g/mol. The Kier molecular flexibility index (Phi) is 7.51. The molecule has 116 valence electrons. The van der Waals surface area contributed by atoms with Gasteiger partial charge in [0.25, 0.3) is 0 Å². The number of aliphatic imine (C=N–C) groups is 1. The molecular formula is C18H15Br2NOTi. The second kappa shape index (κ2) is 9.38. The Morgan fingerprint density at radius 3 is 2.22 bits per heavy atom. The van der Waals surface area contributed by atoms with E-state index in [1.165, 1.54) is 0 Å². The van der Waals surface area contributed by atoms with Crippen molar-refractivity contribution in [2.24, 2.45) is 4.99 Å². The first-order valence-electron chi connectivity index (χ1n) is 6.95. The van der Waals surface area contributed by atoms with Gasteiger partial charge in [-0.05, 0) is 35.9 Å². The molecule has 0 amide bonds. The van der Waals surface area contributed by atoms with Gasteiger partial charge < -0.3 is 5.11 Å². The molecule has 3 aromatic rings. The van der Waals surface area contributed by atoms with Gasteiger partial charge in [0.2, 0.25) is 0 Å². The Morgan fingerprint density at radius 1 is 0.913 bits per heavy atom. The number of fused-ring (bicyclic) bond motifs is 1. The number of phenolic OH excluding ortho intramolecular Hbond substituents is 1. The number of phenols is 1. The summed E-state index contributed by atoms with van der Waals surface area (Å²) in [5, 5.41) is 12.3. The molecule has 2 nitrogen and oxygen atoms in total. The van der Waals surface area contributed by atoms with E-state index in [9.17, 15) is 5.11 Å². The van der Waals surface area contributed by atoms with E-state index >= 15 is 0 Å². The zero-order chi connectivity index (χ0) is 16.7. The van der Waals surface area contributed by atoms with Crippen LogP contribution in [-0.4, -0.2) is 10.8 Å². The zero-order valence-electron chi connectivity index (χ0n) is 12.5. The van der Waals surface area contributed by atoms with Crippen molar-refractivity contribution in [2.45, 2.75) is 6.92 Å². The van der Waals surface area contributed by atoms with Gasteiger partial charge in [0.1, 0.15) is 5.75 Å². The van der Waals surface area contributed by atoms with Gasteiger partial charge in [-0.25, -0.2) is 0 Å². The third-order valence-corrected chi connectivity index (χ3v) is 3.32. The van der Waals surface area contributed by atoms with Crippen LogP contribution >= 0.6 is 26.3 Å². The fourth-order valence-electron chi connectivity index (χ4n) is 2.39. The normalized spacial score (nSPS) is 10.8. The van der Waals surface area contributed by atoms with E-state index in [1.54, 1.807) is 6.07 Å². The van der Waals surface area contributed by atoms with Crippen molar-refractivity contribution in [1.29, 1.82) is 0 Å². The van der Waals surface area contributed by atoms with Crippen molar-refractivity contribution in [3.05, 3.63) is 72.3 Å². The van der Waals surface area contributed by atoms with Crippen molar-refractivity contribution < 1.29 is 20.1 Å². The first-order valence-corrected chi connectivity index (χ1v) is 14.7. The molecule has 0 aliphatic heterocycles. The molecule has 0 saturated heterocycles. The van der Waals surface area contributed by atoms with E-state index in [2.05, 4.69) is 31.3 Å². The van der Waals surface area contributed by atoms with Gasteiger partial charge in [0, 0.05) is 11.3 Å². The second-order valence-corrected chi connectivity index (χ2v) is 12.7. The second-order valence-electron chi connectivity index (χ2n) is 4.79. The van der Waals surface area contributed by atoms with Crippen LogP contribution in [-0.2, 0) is 15.0 Å². The van der Waals surface area contributed by atoms with Crippen LogP contribution in [0, 0.1) is 0 Å². The third-order valence-electron chi connectivity index (χ3n) is 3.32. The van der Waals surface area contributed by atoms with Crippen LogP contribution in [0.1, 0.15) is 12.5 Å². The quantitative estimate of drug-likeness (QED) is 0.343. The van der Waals surface area contributed by atoms with Gasteiger partial charge in [0.15, 0.2) is 0 Å². The Morgan fingerprint density at radius 2 is 1.52 bits per heavy atom. The number of nitrogens with zero attached hydrogens (tertiary/aromatic N) is 1. The maximum atomic E-state index is 10.2. The van der Waals surface area contributed by atoms with E-state index < -0.39 is 0 Å². The summed E-state index contributed by atoms with van der Waals surface area (Å²) in [6.45, 7) is 1.93. The molecule has 0 unspecified atom stereocenters. The van der Waals surface area contributed by atoms with E-state index in [-0.39, 0.29) is 20.7 Å². The molecule has 0 saturated carbocycles. The number of halogens is 2. The number of rotatable bonds is 2. The molecule has 0 aromatic heterocycles. The summed E-state index contributed by atoms with van der Waals surface area (Å²) in [6.07, 6.45) is 0. The first kappa shape index (κ1) is 18.4. The number of benzene rings is 3. The molecule has 1 N–H and O–H groups in total. The molecule has 0 bridgehead atoms. The molecule has 0 heterocycles. The van der Waals surface area contributed by atoms with Crippen LogP contribution < -0.4 is 0 Å². The Hall–Kier alpha value is -0.936. The summed E-state index contributed by atoms with van der Waals surface area (Å²) in [7, 11) is 0. The SMILES string of the molecule is CC(=Nc1ccccc1)c1c(O)ccc2ccccc12.[Br][Ti][Br]. The van der Waals surface area contributed by atoms with Crippen molar-refractivity contribution in [1.82, 2.24) is 0 Å². The molecule has 5 heteroatoms. The standard InChI is InChI=1S/C18H15NO.2BrH.Ti/c1-13(19-15-8-3-2-4-9-15)18-16-10-6-5-7-14(16)11-12-17(18)20;;;/h2-12,20H,1H3;2*1H;/q;;;+2/p-2. The molecule has 0 aliphatic rings. The van der Waals surface area contributed by atoms with Gasteiger partial charge in [-0.2, -0.15) is 0 Å². The molecule has 3 rings (SSSR count). The number of aromatic hydroxyl groups is 1. The van der Waals surface area contributed by atoms with Crippen LogP contribution in [0.25, 0.3) is 10.8 Å². The zero-order valence-corrected chi connectivity index (χ0v) is 17.2.